The van der Waals surface area contributed by atoms with Crippen molar-refractivity contribution in [2.45, 2.75) is 90.7 Å². The van der Waals surface area contributed by atoms with Crippen molar-refractivity contribution in [2.24, 2.45) is 11.8 Å². The van der Waals surface area contributed by atoms with Crippen molar-refractivity contribution >= 4 is 34.6 Å². The van der Waals surface area contributed by atoms with Crippen LogP contribution < -0.4 is 10.6 Å². The van der Waals surface area contributed by atoms with Crippen molar-refractivity contribution in [1.29, 1.82) is 0 Å². The molecular weight excluding hydrogens is 488 g/mol. The Balaban J connectivity index is 2.07. The number of hydrogen-bond acceptors (Lipinski definition) is 5. The highest BCUT2D eigenvalue weighted by Gasteiger charge is 2.35. The summed E-state index contributed by atoms with van der Waals surface area (Å²) in [6, 6.07) is 1.73. The van der Waals surface area contributed by atoms with E-state index in [-0.39, 0.29) is 53.1 Å². The van der Waals surface area contributed by atoms with Gasteiger partial charge in [0, 0.05) is 36.2 Å². The van der Waals surface area contributed by atoms with E-state index >= 15 is 0 Å². The average Bonchev–Trinajstić information content (AvgIpc) is 3.11. The van der Waals surface area contributed by atoms with Crippen LogP contribution >= 0.6 is 11.8 Å². The van der Waals surface area contributed by atoms with Crippen LogP contribution in [-0.2, 0) is 25.7 Å². The van der Waals surface area contributed by atoms with E-state index in [4.69, 9.17) is 0 Å². The van der Waals surface area contributed by atoms with Gasteiger partial charge in [-0.2, -0.15) is 0 Å². The molecule has 0 aromatic heterocycles. The highest BCUT2D eigenvalue weighted by molar-refractivity contribution is 8.14. The van der Waals surface area contributed by atoms with E-state index in [1.807, 2.05) is 27.7 Å². The molecule has 0 radical (unpaired) electrons. The van der Waals surface area contributed by atoms with Gasteiger partial charge >= 0.3 is 0 Å². The molecule has 1 aliphatic heterocycles. The average molecular weight is 526 g/mol. The van der Waals surface area contributed by atoms with Gasteiger partial charge in [0.25, 0.3) is 0 Å². The van der Waals surface area contributed by atoms with Gasteiger partial charge in [0.05, 0.1) is 0 Å². The Morgan fingerprint density at radius 3 is 2.25 bits per heavy atom. The minimum Gasteiger partial charge on any atom is -0.344 e. The Bertz CT molecular complexity index is 971. The minimum absolute atomic E-state index is 0.0405. The number of benzene rings is 1. The fourth-order valence-corrected chi connectivity index (χ4v) is 5.05. The molecule has 2 rings (SSSR count). The summed E-state index contributed by atoms with van der Waals surface area (Å²) in [6.07, 6.45) is 0.529. The van der Waals surface area contributed by atoms with Gasteiger partial charge in [-0.3, -0.25) is 19.2 Å². The van der Waals surface area contributed by atoms with Crippen LogP contribution in [0.1, 0.15) is 66.4 Å². The Morgan fingerprint density at radius 1 is 1.03 bits per heavy atom. The summed E-state index contributed by atoms with van der Waals surface area (Å²) >= 11 is 1.16. The molecule has 1 fully saturated rings. The number of hydrogen-bond donors (Lipinski definition) is 2. The van der Waals surface area contributed by atoms with Crippen LogP contribution in [0.5, 0.6) is 0 Å². The molecule has 36 heavy (non-hydrogen) atoms. The van der Waals surface area contributed by atoms with Gasteiger partial charge in [-0.15, -0.1) is 0 Å². The largest absolute Gasteiger partial charge is 0.344 e. The molecule has 1 saturated heterocycles. The molecule has 1 aromatic rings. The first-order valence-corrected chi connectivity index (χ1v) is 13.2. The van der Waals surface area contributed by atoms with Crippen LogP contribution in [0.4, 0.5) is 8.78 Å². The van der Waals surface area contributed by atoms with Crippen LogP contribution in [0, 0.1) is 23.5 Å². The second kappa shape index (κ2) is 13.2. The summed E-state index contributed by atoms with van der Waals surface area (Å²) in [4.78, 5) is 52.4. The lowest BCUT2D eigenvalue weighted by Gasteiger charge is -2.28. The van der Waals surface area contributed by atoms with E-state index < -0.39 is 41.6 Å². The standard InChI is InChI=1S/C26H37F2N3O4S/c1-14(2)23(25(34)30-24(15(3)4)26(35)36-16(5)6)29-20(32)12-18-10-11-21(33)31(18)13-17-8-7-9-19(27)22(17)28/h7-9,14-16,18,23-24H,10-13H2,1-6H3,(H,29,32)(H,30,34)/t18-,23-,24-/m0/s1. The molecular formula is C26H37F2N3O4S. The SMILES string of the molecule is CC(C)SC(=O)[C@@H](NC(=O)[C@@H](NC(=O)C[C@@H]1CCC(=O)N1Cc1cccc(F)c1F)C(C)C)C(C)C. The molecule has 1 aliphatic rings. The monoisotopic (exact) mass is 525 g/mol. The predicted molar refractivity (Wildman–Crippen MR) is 136 cm³/mol. The Labute approximate surface area is 216 Å². The normalized spacial score (nSPS) is 17.6. The van der Waals surface area contributed by atoms with E-state index in [0.717, 1.165) is 17.8 Å². The number of nitrogens with one attached hydrogen (secondary N) is 2. The molecule has 7 nitrogen and oxygen atoms in total. The molecule has 0 saturated carbocycles. The van der Waals surface area contributed by atoms with Crippen LogP contribution in [0.2, 0.25) is 0 Å². The van der Waals surface area contributed by atoms with Crippen molar-refractivity contribution in [1.82, 2.24) is 15.5 Å². The topological polar surface area (TPSA) is 95.6 Å². The lowest BCUT2D eigenvalue weighted by atomic mass is 10.00. The highest BCUT2D eigenvalue weighted by atomic mass is 32.2. The summed E-state index contributed by atoms with van der Waals surface area (Å²) in [5.41, 5.74) is 0.0405. The molecule has 0 spiro atoms. The maximum Gasteiger partial charge on any atom is 0.243 e. The van der Waals surface area contributed by atoms with E-state index in [0.29, 0.717) is 6.42 Å². The number of carbonyl (C=O) groups is 4. The summed E-state index contributed by atoms with van der Waals surface area (Å²) in [5, 5.41) is 5.49. The molecule has 1 aromatic carbocycles. The van der Waals surface area contributed by atoms with E-state index in [9.17, 15) is 28.0 Å². The van der Waals surface area contributed by atoms with E-state index in [1.54, 1.807) is 13.8 Å². The van der Waals surface area contributed by atoms with Crippen molar-refractivity contribution < 1.29 is 28.0 Å². The second-order valence-corrected chi connectivity index (χ2v) is 11.7. The highest BCUT2D eigenvalue weighted by Crippen LogP contribution is 2.25. The van der Waals surface area contributed by atoms with Gasteiger partial charge in [0.1, 0.15) is 12.1 Å². The van der Waals surface area contributed by atoms with Crippen LogP contribution in [-0.4, -0.2) is 51.1 Å². The van der Waals surface area contributed by atoms with Crippen LogP contribution in [0.25, 0.3) is 0 Å². The van der Waals surface area contributed by atoms with Crippen LogP contribution in [0.3, 0.4) is 0 Å². The summed E-state index contributed by atoms with van der Waals surface area (Å²) < 4.78 is 27.7. The van der Waals surface area contributed by atoms with E-state index in [2.05, 4.69) is 10.6 Å². The summed E-state index contributed by atoms with van der Waals surface area (Å²) in [5.74, 6) is -3.51. The Kier molecular flexibility index (Phi) is 10.9. The number of likely N-dealkylation sites (tertiary alicyclic amines) is 1. The number of halogens is 2. The third-order valence-corrected chi connectivity index (χ3v) is 7.04. The van der Waals surface area contributed by atoms with Crippen molar-refractivity contribution in [2.75, 3.05) is 0 Å². The van der Waals surface area contributed by atoms with Crippen molar-refractivity contribution in [3.63, 3.8) is 0 Å². The molecule has 1 heterocycles. The molecule has 0 bridgehead atoms. The Hall–Kier alpha value is -2.49. The summed E-state index contributed by atoms with van der Waals surface area (Å²) in [7, 11) is 0. The summed E-state index contributed by atoms with van der Waals surface area (Å²) in [6.45, 7) is 10.9. The zero-order chi connectivity index (χ0) is 27.2. The van der Waals surface area contributed by atoms with Gasteiger partial charge in [-0.1, -0.05) is 65.4 Å². The van der Waals surface area contributed by atoms with Gasteiger partial charge < -0.3 is 15.5 Å². The number of rotatable bonds is 11. The molecule has 0 unspecified atom stereocenters. The number of nitrogens with zero attached hydrogens (tertiary/aromatic N) is 1. The lowest BCUT2D eigenvalue weighted by molar-refractivity contribution is -0.133. The van der Waals surface area contributed by atoms with Gasteiger partial charge in [-0.25, -0.2) is 8.78 Å². The molecule has 3 amide bonds. The molecule has 10 heteroatoms. The zero-order valence-electron chi connectivity index (χ0n) is 21.8. The molecule has 3 atom stereocenters. The second-order valence-electron chi connectivity index (χ2n) is 10.1. The van der Waals surface area contributed by atoms with Crippen LogP contribution in [0.15, 0.2) is 18.2 Å². The van der Waals surface area contributed by atoms with Gasteiger partial charge in [-0.05, 0) is 24.3 Å². The van der Waals surface area contributed by atoms with Crippen molar-refractivity contribution in [3.05, 3.63) is 35.4 Å². The van der Waals surface area contributed by atoms with Gasteiger partial charge in [0.15, 0.2) is 11.6 Å². The van der Waals surface area contributed by atoms with Crippen molar-refractivity contribution in [3.8, 4) is 0 Å². The third-order valence-electron chi connectivity index (χ3n) is 6.08. The smallest absolute Gasteiger partial charge is 0.243 e. The maximum atomic E-state index is 14.1. The quantitative estimate of drug-likeness (QED) is 0.458. The zero-order valence-corrected chi connectivity index (χ0v) is 22.6. The maximum absolute atomic E-state index is 14.1. The molecule has 200 valence electrons. The number of amides is 3. The fraction of sp³-hybridized carbons (Fsp3) is 0.615. The number of carbonyl (C=O) groups excluding carboxylic acids is 4. The predicted octanol–water partition coefficient (Wildman–Crippen LogP) is 3.80. The first-order valence-electron chi connectivity index (χ1n) is 12.3. The lowest BCUT2D eigenvalue weighted by Crippen LogP contribution is -2.55. The Morgan fingerprint density at radius 2 is 1.67 bits per heavy atom. The molecule has 0 aliphatic carbocycles. The molecule has 2 N–H and O–H groups in total. The minimum atomic E-state index is -1.01. The van der Waals surface area contributed by atoms with Gasteiger partial charge in [0.2, 0.25) is 22.8 Å². The first-order chi connectivity index (χ1) is 16.8. The van der Waals surface area contributed by atoms with E-state index in [1.165, 1.54) is 17.0 Å². The third kappa shape index (κ3) is 8.01. The number of thioether (sulfide) groups is 1. The fourth-order valence-electron chi connectivity index (χ4n) is 4.10. The first kappa shape index (κ1) is 29.7.